The Morgan fingerprint density at radius 1 is 1.53 bits per heavy atom. The van der Waals surface area contributed by atoms with Crippen molar-refractivity contribution in [1.29, 1.82) is 0 Å². The predicted octanol–water partition coefficient (Wildman–Crippen LogP) is 1.78. The molecule has 0 aromatic rings. The van der Waals surface area contributed by atoms with Crippen molar-refractivity contribution < 1.29 is 9.53 Å². The summed E-state index contributed by atoms with van der Waals surface area (Å²) in [5, 5.41) is 3.05. The van der Waals surface area contributed by atoms with E-state index in [2.05, 4.69) is 19.2 Å². The first-order valence-electron chi connectivity index (χ1n) is 7.18. The van der Waals surface area contributed by atoms with E-state index in [1.807, 2.05) is 6.92 Å². The van der Waals surface area contributed by atoms with Crippen LogP contribution in [0.5, 0.6) is 0 Å². The van der Waals surface area contributed by atoms with E-state index in [4.69, 9.17) is 10.5 Å². The molecule has 0 spiro atoms. The van der Waals surface area contributed by atoms with Crippen molar-refractivity contribution >= 4 is 17.7 Å². The standard InChI is InChI=1S/C14H28N2O2S/c1-11(2)14(3,10-15)16-13(17)9-19-8-12-6-4-5-7-18-12/h11-12H,4-10,15H2,1-3H3,(H,16,17). The molecule has 0 saturated carbocycles. The van der Waals surface area contributed by atoms with Gasteiger partial charge in [-0.3, -0.25) is 4.79 Å². The van der Waals surface area contributed by atoms with E-state index in [1.54, 1.807) is 11.8 Å². The number of carbonyl (C=O) groups excluding carboxylic acids is 1. The Balaban J connectivity index is 2.23. The second kappa shape index (κ2) is 8.12. The van der Waals surface area contributed by atoms with Crippen molar-refractivity contribution in [3.8, 4) is 0 Å². The number of rotatable bonds is 7. The first-order valence-corrected chi connectivity index (χ1v) is 8.34. The van der Waals surface area contributed by atoms with Gasteiger partial charge >= 0.3 is 0 Å². The van der Waals surface area contributed by atoms with E-state index < -0.39 is 0 Å². The molecule has 1 saturated heterocycles. The monoisotopic (exact) mass is 288 g/mol. The lowest BCUT2D eigenvalue weighted by Crippen LogP contribution is -2.55. The van der Waals surface area contributed by atoms with E-state index in [1.165, 1.54) is 12.8 Å². The molecule has 5 heteroatoms. The summed E-state index contributed by atoms with van der Waals surface area (Å²) in [5.74, 6) is 1.80. The molecule has 19 heavy (non-hydrogen) atoms. The SMILES string of the molecule is CC(C)C(C)(CN)NC(=O)CSCC1CCCCO1. The van der Waals surface area contributed by atoms with Gasteiger partial charge in [-0.1, -0.05) is 13.8 Å². The molecule has 0 aromatic carbocycles. The lowest BCUT2D eigenvalue weighted by atomic mass is 9.88. The Hall–Kier alpha value is -0.260. The highest BCUT2D eigenvalue weighted by Crippen LogP contribution is 2.18. The number of nitrogens with one attached hydrogen (secondary N) is 1. The van der Waals surface area contributed by atoms with Crippen LogP contribution in [0.3, 0.4) is 0 Å². The van der Waals surface area contributed by atoms with Gasteiger partial charge in [0, 0.05) is 18.9 Å². The molecule has 2 atom stereocenters. The van der Waals surface area contributed by atoms with Crippen molar-refractivity contribution in [2.24, 2.45) is 11.7 Å². The topological polar surface area (TPSA) is 64.3 Å². The summed E-state index contributed by atoms with van der Waals surface area (Å²) in [6.45, 7) is 7.50. The summed E-state index contributed by atoms with van der Waals surface area (Å²) in [5.41, 5.74) is 5.45. The van der Waals surface area contributed by atoms with Crippen LogP contribution in [0.4, 0.5) is 0 Å². The molecule has 1 rings (SSSR count). The molecule has 1 fully saturated rings. The second-order valence-corrected chi connectivity index (χ2v) is 6.86. The van der Waals surface area contributed by atoms with Crippen molar-refractivity contribution in [1.82, 2.24) is 5.32 Å². The first-order chi connectivity index (χ1) is 8.98. The average Bonchev–Trinajstić information content (AvgIpc) is 2.39. The van der Waals surface area contributed by atoms with Gasteiger partial charge in [-0.25, -0.2) is 0 Å². The first kappa shape index (κ1) is 16.8. The largest absolute Gasteiger partial charge is 0.377 e. The normalized spacial score (nSPS) is 23.1. The number of thioether (sulfide) groups is 1. The maximum absolute atomic E-state index is 11.9. The van der Waals surface area contributed by atoms with Crippen molar-refractivity contribution in [3.63, 3.8) is 0 Å². The van der Waals surface area contributed by atoms with E-state index in [0.29, 0.717) is 24.3 Å². The lowest BCUT2D eigenvalue weighted by molar-refractivity contribution is -0.120. The van der Waals surface area contributed by atoms with Crippen LogP contribution in [0.2, 0.25) is 0 Å². The van der Waals surface area contributed by atoms with Crippen LogP contribution in [-0.2, 0) is 9.53 Å². The van der Waals surface area contributed by atoms with E-state index in [9.17, 15) is 4.79 Å². The molecule has 1 aliphatic rings. The molecule has 1 amide bonds. The van der Waals surface area contributed by atoms with Gasteiger partial charge < -0.3 is 15.8 Å². The van der Waals surface area contributed by atoms with Crippen LogP contribution in [0.15, 0.2) is 0 Å². The van der Waals surface area contributed by atoms with Gasteiger partial charge in [-0.05, 0) is 32.1 Å². The van der Waals surface area contributed by atoms with Crippen LogP contribution < -0.4 is 11.1 Å². The lowest BCUT2D eigenvalue weighted by Gasteiger charge is -2.33. The van der Waals surface area contributed by atoms with Gasteiger partial charge in [-0.15, -0.1) is 11.8 Å². The van der Waals surface area contributed by atoms with E-state index in [-0.39, 0.29) is 11.4 Å². The van der Waals surface area contributed by atoms with Gasteiger partial charge in [-0.2, -0.15) is 0 Å². The van der Waals surface area contributed by atoms with Crippen LogP contribution in [0.25, 0.3) is 0 Å². The maximum atomic E-state index is 11.9. The molecular formula is C14H28N2O2S. The minimum atomic E-state index is -0.307. The fourth-order valence-corrected chi connectivity index (χ4v) is 2.91. The van der Waals surface area contributed by atoms with Crippen molar-refractivity contribution in [2.75, 3.05) is 24.7 Å². The Morgan fingerprint density at radius 2 is 2.26 bits per heavy atom. The molecule has 1 heterocycles. The number of hydrogen-bond donors (Lipinski definition) is 2. The second-order valence-electron chi connectivity index (χ2n) is 5.83. The predicted molar refractivity (Wildman–Crippen MR) is 81.4 cm³/mol. The fourth-order valence-electron chi connectivity index (χ4n) is 2.01. The maximum Gasteiger partial charge on any atom is 0.230 e. The number of hydrogen-bond acceptors (Lipinski definition) is 4. The Labute approximate surface area is 121 Å². The summed E-state index contributed by atoms with van der Waals surface area (Å²) in [6.07, 6.45) is 3.87. The molecule has 2 unspecified atom stereocenters. The zero-order chi connectivity index (χ0) is 14.3. The van der Waals surface area contributed by atoms with Crippen LogP contribution >= 0.6 is 11.8 Å². The molecule has 1 aliphatic heterocycles. The van der Waals surface area contributed by atoms with E-state index >= 15 is 0 Å². The minimum absolute atomic E-state index is 0.0717. The Morgan fingerprint density at radius 3 is 2.79 bits per heavy atom. The number of amides is 1. The summed E-state index contributed by atoms with van der Waals surface area (Å²) < 4.78 is 5.65. The number of carbonyl (C=O) groups is 1. The molecule has 3 N–H and O–H groups in total. The number of ether oxygens (including phenoxy) is 1. The van der Waals surface area contributed by atoms with Crippen molar-refractivity contribution in [3.05, 3.63) is 0 Å². The highest BCUT2D eigenvalue weighted by molar-refractivity contribution is 7.99. The molecule has 0 aliphatic carbocycles. The van der Waals surface area contributed by atoms with Crippen LogP contribution in [0, 0.1) is 5.92 Å². The van der Waals surface area contributed by atoms with Gasteiger partial charge in [0.25, 0.3) is 0 Å². The third-order valence-electron chi connectivity index (χ3n) is 3.93. The zero-order valence-electron chi connectivity index (χ0n) is 12.4. The summed E-state index contributed by atoms with van der Waals surface area (Å²) >= 11 is 1.65. The summed E-state index contributed by atoms with van der Waals surface area (Å²) in [7, 11) is 0. The van der Waals surface area contributed by atoms with Gasteiger partial charge in [0.2, 0.25) is 5.91 Å². The van der Waals surface area contributed by atoms with Gasteiger partial charge in [0.1, 0.15) is 0 Å². The molecule has 0 aromatic heterocycles. The molecule has 0 radical (unpaired) electrons. The number of nitrogens with two attached hydrogens (primary N) is 1. The minimum Gasteiger partial charge on any atom is -0.377 e. The Kier molecular flexibility index (Phi) is 7.18. The molecular weight excluding hydrogens is 260 g/mol. The van der Waals surface area contributed by atoms with Crippen molar-refractivity contribution in [2.45, 2.75) is 51.7 Å². The van der Waals surface area contributed by atoms with Gasteiger partial charge in [0.15, 0.2) is 0 Å². The highest BCUT2D eigenvalue weighted by Gasteiger charge is 2.28. The smallest absolute Gasteiger partial charge is 0.230 e. The van der Waals surface area contributed by atoms with E-state index in [0.717, 1.165) is 18.8 Å². The quantitative estimate of drug-likeness (QED) is 0.749. The molecule has 4 nitrogen and oxygen atoms in total. The zero-order valence-corrected chi connectivity index (χ0v) is 13.2. The molecule has 0 bridgehead atoms. The third-order valence-corrected chi connectivity index (χ3v) is 5.01. The Bertz CT molecular complexity index is 281. The van der Waals surface area contributed by atoms with Crippen LogP contribution in [0.1, 0.15) is 40.0 Å². The molecule has 112 valence electrons. The van der Waals surface area contributed by atoms with Crippen LogP contribution in [-0.4, -0.2) is 42.2 Å². The third kappa shape index (κ3) is 5.71. The average molecular weight is 288 g/mol. The summed E-state index contributed by atoms with van der Waals surface area (Å²) in [6, 6.07) is 0. The summed E-state index contributed by atoms with van der Waals surface area (Å²) in [4.78, 5) is 11.9. The fraction of sp³-hybridized carbons (Fsp3) is 0.929. The van der Waals surface area contributed by atoms with Gasteiger partial charge in [0.05, 0.1) is 17.4 Å². The highest BCUT2D eigenvalue weighted by atomic mass is 32.2.